The lowest BCUT2D eigenvalue weighted by Gasteiger charge is -2.15. The lowest BCUT2D eigenvalue weighted by Crippen LogP contribution is -2.29. The van der Waals surface area contributed by atoms with Gasteiger partial charge >= 0.3 is 0 Å². The van der Waals surface area contributed by atoms with Gasteiger partial charge in [0.1, 0.15) is 5.75 Å². The summed E-state index contributed by atoms with van der Waals surface area (Å²) in [6.45, 7) is 6.33. The first-order valence-corrected chi connectivity index (χ1v) is 5.71. The van der Waals surface area contributed by atoms with Crippen LogP contribution in [0.2, 0.25) is 0 Å². The van der Waals surface area contributed by atoms with Crippen molar-refractivity contribution in [1.82, 2.24) is 5.32 Å². The van der Waals surface area contributed by atoms with E-state index in [2.05, 4.69) is 18.3 Å². The first-order valence-electron chi connectivity index (χ1n) is 5.71. The van der Waals surface area contributed by atoms with Gasteiger partial charge in [-0.25, -0.2) is 0 Å². The Kier molecular flexibility index (Phi) is 5.90. The lowest BCUT2D eigenvalue weighted by atomic mass is 10.2. The smallest absolute Gasteiger partial charge is 0.123 e. The second-order valence-electron chi connectivity index (χ2n) is 3.78. The van der Waals surface area contributed by atoms with Crippen LogP contribution in [0.25, 0.3) is 0 Å². The zero-order valence-electron chi connectivity index (χ0n) is 10.3. The van der Waals surface area contributed by atoms with Gasteiger partial charge in [-0.3, -0.25) is 0 Å². The summed E-state index contributed by atoms with van der Waals surface area (Å²) in [6, 6.07) is 8.45. The fourth-order valence-corrected chi connectivity index (χ4v) is 1.54. The van der Waals surface area contributed by atoms with Gasteiger partial charge in [-0.05, 0) is 19.9 Å². The van der Waals surface area contributed by atoms with E-state index in [9.17, 15) is 0 Å². The zero-order valence-corrected chi connectivity index (χ0v) is 10.3. The van der Waals surface area contributed by atoms with Crippen molar-refractivity contribution in [2.75, 3.05) is 20.3 Å². The van der Waals surface area contributed by atoms with E-state index >= 15 is 0 Å². The maximum atomic E-state index is 5.56. The topological polar surface area (TPSA) is 30.5 Å². The minimum absolute atomic E-state index is 0.347. The third-order valence-electron chi connectivity index (χ3n) is 2.33. The SMILES string of the molecule is CCOc1ccccc1CNC(C)COC. The van der Waals surface area contributed by atoms with Crippen LogP contribution in [0.1, 0.15) is 19.4 Å². The molecule has 1 rings (SSSR count). The predicted molar refractivity (Wildman–Crippen MR) is 65.8 cm³/mol. The van der Waals surface area contributed by atoms with Gasteiger partial charge in [0.25, 0.3) is 0 Å². The number of methoxy groups -OCH3 is 1. The first-order chi connectivity index (χ1) is 7.77. The third-order valence-corrected chi connectivity index (χ3v) is 2.33. The number of rotatable bonds is 7. The molecule has 0 saturated heterocycles. The number of nitrogens with one attached hydrogen (secondary N) is 1. The second kappa shape index (κ2) is 7.25. The molecule has 3 nitrogen and oxygen atoms in total. The minimum atomic E-state index is 0.347. The highest BCUT2D eigenvalue weighted by Gasteiger charge is 2.04. The quantitative estimate of drug-likeness (QED) is 0.768. The highest BCUT2D eigenvalue weighted by atomic mass is 16.5. The van der Waals surface area contributed by atoms with E-state index in [-0.39, 0.29) is 0 Å². The monoisotopic (exact) mass is 223 g/mol. The molecule has 0 aliphatic carbocycles. The van der Waals surface area contributed by atoms with Gasteiger partial charge in [-0.2, -0.15) is 0 Å². The molecule has 0 saturated carbocycles. The average molecular weight is 223 g/mol. The molecule has 16 heavy (non-hydrogen) atoms. The van der Waals surface area contributed by atoms with Gasteiger partial charge in [0.15, 0.2) is 0 Å². The van der Waals surface area contributed by atoms with Crippen molar-refractivity contribution in [3.05, 3.63) is 29.8 Å². The van der Waals surface area contributed by atoms with Crippen LogP contribution in [0.3, 0.4) is 0 Å². The van der Waals surface area contributed by atoms with Crippen LogP contribution < -0.4 is 10.1 Å². The van der Waals surface area contributed by atoms with Crippen molar-refractivity contribution in [3.8, 4) is 5.75 Å². The van der Waals surface area contributed by atoms with Gasteiger partial charge in [0, 0.05) is 25.3 Å². The molecule has 0 fully saturated rings. The number of para-hydroxylation sites is 1. The summed E-state index contributed by atoms with van der Waals surface area (Å²) in [5, 5.41) is 3.39. The van der Waals surface area contributed by atoms with Crippen LogP contribution in [0, 0.1) is 0 Å². The fraction of sp³-hybridized carbons (Fsp3) is 0.538. The van der Waals surface area contributed by atoms with E-state index in [1.54, 1.807) is 7.11 Å². The maximum absolute atomic E-state index is 5.56. The molecule has 0 aliphatic heterocycles. The molecule has 0 radical (unpaired) electrons. The van der Waals surface area contributed by atoms with Crippen LogP contribution >= 0.6 is 0 Å². The Morgan fingerprint density at radius 1 is 1.31 bits per heavy atom. The Morgan fingerprint density at radius 3 is 2.75 bits per heavy atom. The molecule has 0 bridgehead atoms. The Labute approximate surface area is 97.8 Å². The van der Waals surface area contributed by atoms with Crippen molar-refractivity contribution >= 4 is 0 Å². The highest BCUT2D eigenvalue weighted by Crippen LogP contribution is 2.17. The largest absolute Gasteiger partial charge is 0.494 e. The van der Waals surface area contributed by atoms with E-state index in [0.717, 1.165) is 18.9 Å². The fourth-order valence-electron chi connectivity index (χ4n) is 1.54. The molecule has 3 heteroatoms. The normalized spacial score (nSPS) is 12.4. The lowest BCUT2D eigenvalue weighted by molar-refractivity contribution is 0.171. The molecule has 0 spiro atoms. The Balaban J connectivity index is 2.52. The number of ether oxygens (including phenoxy) is 2. The predicted octanol–water partition coefficient (Wildman–Crippen LogP) is 2.21. The standard InChI is InChI=1S/C13H21NO2/c1-4-16-13-8-6-5-7-12(13)9-14-11(2)10-15-3/h5-8,11,14H,4,9-10H2,1-3H3. The van der Waals surface area contributed by atoms with Crippen molar-refractivity contribution in [2.24, 2.45) is 0 Å². The summed E-state index contributed by atoms with van der Waals surface area (Å²) >= 11 is 0. The van der Waals surface area contributed by atoms with Crippen molar-refractivity contribution in [2.45, 2.75) is 26.4 Å². The van der Waals surface area contributed by atoms with Crippen LogP contribution in [-0.4, -0.2) is 26.4 Å². The van der Waals surface area contributed by atoms with Crippen molar-refractivity contribution < 1.29 is 9.47 Å². The third kappa shape index (κ3) is 4.21. The van der Waals surface area contributed by atoms with Crippen LogP contribution in [0.5, 0.6) is 5.75 Å². The molecule has 0 aromatic heterocycles. The molecule has 1 aromatic rings. The van der Waals surface area contributed by atoms with Gasteiger partial charge < -0.3 is 14.8 Å². The Morgan fingerprint density at radius 2 is 2.06 bits per heavy atom. The van der Waals surface area contributed by atoms with Crippen LogP contribution in [0.4, 0.5) is 0 Å². The summed E-state index contributed by atoms with van der Waals surface area (Å²) in [5.41, 5.74) is 1.19. The van der Waals surface area contributed by atoms with Crippen molar-refractivity contribution in [1.29, 1.82) is 0 Å². The van der Waals surface area contributed by atoms with E-state index in [1.807, 2.05) is 25.1 Å². The molecule has 1 atom stereocenters. The molecule has 0 aliphatic rings. The van der Waals surface area contributed by atoms with E-state index in [1.165, 1.54) is 5.56 Å². The second-order valence-corrected chi connectivity index (χ2v) is 3.78. The van der Waals surface area contributed by atoms with Crippen LogP contribution in [-0.2, 0) is 11.3 Å². The minimum Gasteiger partial charge on any atom is -0.494 e. The molecule has 90 valence electrons. The first kappa shape index (κ1) is 13.0. The number of benzene rings is 1. The molecule has 0 heterocycles. The molecule has 0 amide bonds. The van der Waals surface area contributed by atoms with E-state index < -0.39 is 0 Å². The van der Waals surface area contributed by atoms with Crippen molar-refractivity contribution in [3.63, 3.8) is 0 Å². The summed E-state index contributed by atoms with van der Waals surface area (Å²) in [4.78, 5) is 0. The molecule has 1 aromatic carbocycles. The van der Waals surface area contributed by atoms with Crippen LogP contribution in [0.15, 0.2) is 24.3 Å². The summed E-state index contributed by atoms with van der Waals surface area (Å²) in [7, 11) is 1.71. The zero-order chi connectivity index (χ0) is 11.8. The summed E-state index contributed by atoms with van der Waals surface area (Å²) in [6.07, 6.45) is 0. The molecular formula is C13H21NO2. The van der Waals surface area contributed by atoms with Gasteiger partial charge in [0.05, 0.1) is 13.2 Å². The Hall–Kier alpha value is -1.06. The van der Waals surface area contributed by atoms with E-state index in [4.69, 9.17) is 9.47 Å². The molecule has 1 unspecified atom stereocenters. The summed E-state index contributed by atoms with van der Waals surface area (Å²) in [5.74, 6) is 0.960. The maximum Gasteiger partial charge on any atom is 0.123 e. The molecule has 1 N–H and O–H groups in total. The van der Waals surface area contributed by atoms with Gasteiger partial charge in [-0.15, -0.1) is 0 Å². The highest BCUT2D eigenvalue weighted by molar-refractivity contribution is 5.33. The summed E-state index contributed by atoms with van der Waals surface area (Å²) < 4.78 is 10.6. The number of hydrogen-bond acceptors (Lipinski definition) is 3. The van der Waals surface area contributed by atoms with E-state index in [0.29, 0.717) is 12.6 Å². The van der Waals surface area contributed by atoms with Gasteiger partial charge in [0.2, 0.25) is 0 Å². The Bertz CT molecular complexity index is 302. The average Bonchev–Trinajstić information content (AvgIpc) is 2.29. The molecular weight excluding hydrogens is 202 g/mol. The number of hydrogen-bond donors (Lipinski definition) is 1. The van der Waals surface area contributed by atoms with Gasteiger partial charge in [-0.1, -0.05) is 18.2 Å².